The van der Waals surface area contributed by atoms with Gasteiger partial charge in [0.1, 0.15) is 24.4 Å². The van der Waals surface area contributed by atoms with Gasteiger partial charge in [0.2, 0.25) is 5.91 Å². The molecule has 0 aromatic carbocycles. The van der Waals surface area contributed by atoms with Gasteiger partial charge in [0.25, 0.3) is 0 Å². The fourth-order valence-corrected chi connectivity index (χ4v) is 7.94. The van der Waals surface area contributed by atoms with E-state index < -0.39 is 49.5 Å². The van der Waals surface area contributed by atoms with Crippen molar-refractivity contribution < 1.29 is 39.8 Å². The molecule has 1 saturated heterocycles. The van der Waals surface area contributed by atoms with E-state index in [0.717, 1.165) is 44.9 Å². The van der Waals surface area contributed by atoms with E-state index in [2.05, 4.69) is 55.6 Å². The monoisotopic (exact) mass is 862 g/mol. The molecule has 0 aromatic heterocycles. The summed E-state index contributed by atoms with van der Waals surface area (Å²) in [6, 6.07) is -0.758. The molecule has 1 rings (SSSR count). The van der Waals surface area contributed by atoms with Gasteiger partial charge >= 0.3 is 0 Å². The van der Waals surface area contributed by atoms with Crippen LogP contribution in [0.3, 0.4) is 0 Å². The smallest absolute Gasteiger partial charge is 0.220 e. The molecule has 7 atom stereocenters. The highest BCUT2D eigenvalue weighted by Gasteiger charge is 2.44. The van der Waals surface area contributed by atoms with Crippen LogP contribution in [0.2, 0.25) is 0 Å². The molecule has 0 aromatic rings. The molecule has 0 aliphatic carbocycles. The van der Waals surface area contributed by atoms with Crippen LogP contribution in [-0.4, -0.2) is 87.5 Å². The molecule has 1 fully saturated rings. The number of rotatable bonds is 42. The molecule has 1 amide bonds. The van der Waals surface area contributed by atoms with Crippen molar-refractivity contribution in [1.82, 2.24) is 5.32 Å². The maximum atomic E-state index is 12.9. The lowest BCUT2D eigenvalue weighted by molar-refractivity contribution is -0.302. The van der Waals surface area contributed by atoms with Gasteiger partial charge in [0.05, 0.1) is 25.4 Å². The van der Waals surface area contributed by atoms with Crippen LogP contribution in [0.5, 0.6) is 0 Å². The number of nitrogens with one attached hydrogen (secondary N) is 1. The minimum absolute atomic E-state index is 0.168. The number of allylic oxidation sites excluding steroid dienone is 8. The van der Waals surface area contributed by atoms with Crippen LogP contribution >= 0.6 is 0 Å². The normalized spacial score (nSPS) is 20.8. The first-order valence-corrected chi connectivity index (χ1v) is 25.3. The van der Waals surface area contributed by atoms with Crippen LogP contribution in [0.1, 0.15) is 219 Å². The topological polar surface area (TPSA) is 149 Å². The number of unbranched alkanes of at least 4 members (excludes halogenated alkanes) is 24. The van der Waals surface area contributed by atoms with Crippen molar-refractivity contribution >= 4 is 5.91 Å². The molecule has 9 heteroatoms. The lowest BCUT2D eigenvalue weighted by Crippen LogP contribution is -2.60. The maximum absolute atomic E-state index is 12.9. The third-order valence-corrected chi connectivity index (χ3v) is 12.0. The molecule has 6 N–H and O–H groups in total. The Balaban J connectivity index is 2.25. The van der Waals surface area contributed by atoms with Gasteiger partial charge in [-0.1, -0.05) is 223 Å². The van der Waals surface area contributed by atoms with Crippen molar-refractivity contribution in [1.29, 1.82) is 0 Å². The summed E-state index contributed by atoms with van der Waals surface area (Å²) >= 11 is 0. The summed E-state index contributed by atoms with van der Waals surface area (Å²) in [5.74, 6) is -0.223. The highest BCUT2D eigenvalue weighted by molar-refractivity contribution is 5.76. The van der Waals surface area contributed by atoms with Crippen LogP contribution in [0.25, 0.3) is 0 Å². The van der Waals surface area contributed by atoms with Gasteiger partial charge < -0.3 is 40.3 Å². The Hall–Kier alpha value is -1.85. The van der Waals surface area contributed by atoms with Gasteiger partial charge in [0, 0.05) is 6.42 Å². The van der Waals surface area contributed by atoms with E-state index in [1.54, 1.807) is 0 Å². The van der Waals surface area contributed by atoms with Gasteiger partial charge in [-0.05, 0) is 38.5 Å². The number of hydrogen-bond acceptors (Lipinski definition) is 8. The predicted molar refractivity (Wildman–Crippen MR) is 253 cm³/mol. The van der Waals surface area contributed by atoms with Crippen LogP contribution in [0, 0.1) is 0 Å². The fraction of sp³-hybridized carbons (Fsp3) is 0.827. The van der Waals surface area contributed by atoms with Crippen molar-refractivity contribution in [2.75, 3.05) is 13.2 Å². The quantitative estimate of drug-likeness (QED) is 0.0262. The lowest BCUT2D eigenvalue weighted by Gasteiger charge is -2.40. The largest absolute Gasteiger partial charge is 0.394 e. The summed E-state index contributed by atoms with van der Waals surface area (Å²) in [4.78, 5) is 12.9. The number of carbonyl (C=O) groups excluding carboxylic acids is 1. The summed E-state index contributed by atoms with van der Waals surface area (Å²) in [7, 11) is 0. The number of amides is 1. The van der Waals surface area contributed by atoms with E-state index in [1.807, 2.05) is 12.2 Å². The molecule has 0 radical (unpaired) electrons. The van der Waals surface area contributed by atoms with Crippen LogP contribution in [-0.2, 0) is 14.3 Å². The zero-order valence-corrected chi connectivity index (χ0v) is 39.2. The molecule has 7 unspecified atom stereocenters. The van der Waals surface area contributed by atoms with Crippen LogP contribution in [0.15, 0.2) is 48.6 Å². The molecule has 0 spiro atoms. The third kappa shape index (κ3) is 32.5. The average Bonchev–Trinajstić information content (AvgIpc) is 3.26. The van der Waals surface area contributed by atoms with Gasteiger partial charge in [-0.2, -0.15) is 0 Å². The van der Waals surface area contributed by atoms with Gasteiger partial charge in [-0.15, -0.1) is 0 Å². The zero-order valence-electron chi connectivity index (χ0n) is 39.2. The number of carbonyl (C=O) groups is 1. The molecule has 0 bridgehead atoms. The highest BCUT2D eigenvalue weighted by Crippen LogP contribution is 2.23. The highest BCUT2D eigenvalue weighted by atomic mass is 16.7. The van der Waals surface area contributed by atoms with E-state index in [1.165, 1.54) is 141 Å². The van der Waals surface area contributed by atoms with E-state index >= 15 is 0 Å². The molecule has 1 aliphatic heterocycles. The maximum Gasteiger partial charge on any atom is 0.220 e. The Morgan fingerprint density at radius 1 is 0.574 bits per heavy atom. The Morgan fingerprint density at radius 2 is 0.984 bits per heavy atom. The van der Waals surface area contributed by atoms with Gasteiger partial charge in [0.15, 0.2) is 6.29 Å². The second kappa shape index (κ2) is 42.1. The predicted octanol–water partition coefficient (Wildman–Crippen LogP) is 11.4. The first-order valence-electron chi connectivity index (χ1n) is 25.3. The van der Waals surface area contributed by atoms with Gasteiger partial charge in [-0.25, -0.2) is 0 Å². The van der Waals surface area contributed by atoms with Crippen molar-refractivity contribution in [2.45, 2.75) is 262 Å². The van der Waals surface area contributed by atoms with E-state index in [-0.39, 0.29) is 18.9 Å². The van der Waals surface area contributed by atoms with Crippen molar-refractivity contribution in [3.8, 4) is 0 Å². The lowest BCUT2D eigenvalue weighted by atomic mass is 9.99. The molecule has 1 aliphatic rings. The molecule has 1 heterocycles. The van der Waals surface area contributed by atoms with Crippen LogP contribution in [0.4, 0.5) is 0 Å². The summed E-state index contributed by atoms with van der Waals surface area (Å²) < 4.78 is 11.2. The molecule has 9 nitrogen and oxygen atoms in total. The average molecular weight is 862 g/mol. The molecular formula is C52H95NO8. The van der Waals surface area contributed by atoms with E-state index in [4.69, 9.17) is 9.47 Å². The second-order valence-corrected chi connectivity index (χ2v) is 17.6. The number of hydrogen-bond donors (Lipinski definition) is 6. The summed E-state index contributed by atoms with van der Waals surface area (Å²) in [5.41, 5.74) is 0. The van der Waals surface area contributed by atoms with E-state index in [9.17, 15) is 30.3 Å². The first kappa shape index (κ1) is 57.2. The summed E-state index contributed by atoms with van der Waals surface area (Å²) in [5, 5.41) is 54.4. The van der Waals surface area contributed by atoms with E-state index in [0.29, 0.717) is 12.8 Å². The molecular weight excluding hydrogens is 767 g/mol. The standard InChI is InChI=1S/C52H95NO8/c1-3-5-7-9-11-13-15-17-18-19-20-21-22-23-24-25-26-27-28-30-31-33-35-37-39-41-46(55)45(44-60-52-51(59)50(58)49(57)47(43-54)61-52)53-48(56)42-40-38-36-34-32-29-16-14-12-10-8-6-4-2/h6,8,12,14,29,32,36,38,45-47,49-52,54-55,57-59H,3-5,7,9-11,13,15-28,30-31,33-35,37,39-44H2,1-2H3,(H,53,56)/b8-6-,14-12-,32-29-,38-36-. The molecule has 0 saturated carbocycles. The Kier molecular flexibility index (Phi) is 39.5. The van der Waals surface area contributed by atoms with Crippen LogP contribution < -0.4 is 5.32 Å². The number of ether oxygens (including phenoxy) is 2. The molecule has 356 valence electrons. The minimum Gasteiger partial charge on any atom is -0.394 e. The Morgan fingerprint density at radius 3 is 1.41 bits per heavy atom. The fourth-order valence-electron chi connectivity index (χ4n) is 7.94. The Labute approximate surface area is 373 Å². The minimum atomic E-state index is -1.57. The summed E-state index contributed by atoms with van der Waals surface area (Å²) in [6.45, 7) is 3.68. The van der Waals surface area contributed by atoms with Crippen molar-refractivity contribution in [2.24, 2.45) is 0 Å². The number of aliphatic hydroxyl groups excluding tert-OH is 5. The van der Waals surface area contributed by atoms with Crippen molar-refractivity contribution in [3.05, 3.63) is 48.6 Å². The Bertz CT molecular complexity index is 1090. The second-order valence-electron chi connectivity index (χ2n) is 17.6. The number of aliphatic hydroxyl groups is 5. The first-order chi connectivity index (χ1) is 29.8. The SMILES string of the molecule is CC/C=C\C/C=C\C/C=C\C/C=C\CCC(=O)NC(COC1OC(CO)C(O)C(O)C1O)C(O)CCCCCCCCCCCCCCCCCCCCCCCCCCC. The summed E-state index contributed by atoms with van der Waals surface area (Å²) in [6.07, 6.45) is 47.3. The molecule has 61 heavy (non-hydrogen) atoms. The van der Waals surface area contributed by atoms with Gasteiger partial charge in [-0.3, -0.25) is 4.79 Å². The van der Waals surface area contributed by atoms with Crippen molar-refractivity contribution in [3.63, 3.8) is 0 Å². The zero-order chi connectivity index (χ0) is 44.4. The third-order valence-electron chi connectivity index (χ3n) is 12.0.